The van der Waals surface area contributed by atoms with Crippen LogP contribution in [0.1, 0.15) is 47.3 Å². The van der Waals surface area contributed by atoms with Gasteiger partial charge in [0.2, 0.25) is 5.91 Å². The summed E-state index contributed by atoms with van der Waals surface area (Å²) in [6.45, 7) is 4.87. The van der Waals surface area contributed by atoms with Gasteiger partial charge in [-0.3, -0.25) is 14.6 Å². The Kier molecular flexibility index (Phi) is 6.62. The van der Waals surface area contributed by atoms with E-state index in [0.29, 0.717) is 12.6 Å². The largest absolute Gasteiger partial charge is 0.358 e. The van der Waals surface area contributed by atoms with Gasteiger partial charge in [0.25, 0.3) is 5.91 Å². The van der Waals surface area contributed by atoms with Gasteiger partial charge in [-0.15, -0.1) is 0 Å². The zero-order valence-electron chi connectivity index (χ0n) is 21.1. The second-order valence-corrected chi connectivity index (χ2v) is 10.3. The van der Waals surface area contributed by atoms with Crippen molar-refractivity contribution < 1.29 is 9.59 Å². The predicted molar refractivity (Wildman–Crippen MR) is 145 cm³/mol. The molecule has 0 unspecified atom stereocenters. The van der Waals surface area contributed by atoms with E-state index in [1.54, 1.807) is 12.3 Å². The number of amides is 2. The minimum absolute atomic E-state index is 0.0213. The Morgan fingerprint density at radius 3 is 2.68 bits per heavy atom. The SMILES string of the molecule is O=C1NCCc2[nH]c(-c3ccnc(-c4ccc(/C=C/C(=O)N5CCC[C@@H]5CN5CCCC5)cc4)c3)cc21. The molecule has 7 heteroatoms. The molecule has 37 heavy (non-hydrogen) atoms. The van der Waals surface area contributed by atoms with Gasteiger partial charge in [-0.1, -0.05) is 24.3 Å². The van der Waals surface area contributed by atoms with Crippen LogP contribution in [0.15, 0.2) is 54.7 Å². The molecule has 0 saturated carbocycles. The number of aromatic nitrogens is 2. The Bertz CT molecular complexity index is 1320. The second kappa shape index (κ2) is 10.3. The third-order valence-corrected chi connectivity index (χ3v) is 7.83. The smallest absolute Gasteiger partial charge is 0.253 e. The Morgan fingerprint density at radius 2 is 1.86 bits per heavy atom. The van der Waals surface area contributed by atoms with E-state index in [1.807, 2.05) is 48.5 Å². The Labute approximate surface area is 217 Å². The molecule has 3 aromatic rings. The first kappa shape index (κ1) is 23.7. The Hall–Kier alpha value is -3.71. The number of aromatic amines is 1. The maximum Gasteiger partial charge on any atom is 0.253 e. The highest BCUT2D eigenvalue weighted by Crippen LogP contribution is 2.27. The first-order valence-corrected chi connectivity index (χ1v) is 13.4. The molecule has 1 aromatic carbocycles. The molecule has 2 aromatic heterocycles. The van der Waals surface area contributed by atoms with Crippen molar-refractivity contribution >= 4 is 17.9 Å². The normalized spacial score (nSPS) is 19.9. The van der Waals surface area contributed by atoms with Crippen molar-refractivity contribution in [2.45, 2.75) is 38.1 Å². The van der Waals surface area contributed by atoms with Gasteiger partial charge in [0, 0.05) is 66.9 Å². The summed E-state index contributed by atoms with van der Waals surface area (Å²) in [6, 6.07) is 14.4. The molecule has 0 spiro atoms. The summed E-state index contributed by atoms with van der Waals surface area (Å²) in [6.07, 6.45) is 11.0. The molecule has 1 atom stereocenters. The van der Waals surface area contributed by atoms with Gasteiger partial charge in [-0.2, -0.15) is 0 Å². The number of benzene rings is 1. The summed E-state index contributed by atoms with van der Waals surface area (Å²) in [5.74, 6) is 0.0921. The highest BCUT2D eigenvalue weighted by atomic mass is 16.2. The van der Waals surface area contributed by atoms with Crippen LogP contribution in [-0.2, 0) is 11.2 Å². The van der Waals surface area contributed by atoms with Crippen molar-refractivity contribution in [1.82, 2.24) is 25.1 Å². The van der Waals surface area contributed by atoms with Gasteiger partial charge in [0.15, 0.2) is 0 Å². The maximum atomic E-state index is 12.9. The fourth-order valence-electron chi connectivity index (χ4n) is 5.81. The van der Waals surface area contributed by atoms with Crippen LogP contribution >= 0.6 is 0 Å². The maximum absolute atomic E-state index is 12.9. The summed E-state index contributed by atoms with van der Waals surface area (Å²) in [5.41, 5.74) is 6.49. The average Bonchev–Trinajstić information content (AvgIpc) is 3.70. The predicted octanol–water partition coefficient (Wildman–Crippen LogP) is 4.13. The van der Waals surface area contributed by atoms with Crippen LogP contribution in [0.3, 0.4) is 0 Å². The molecule has 190 valence electrons. The molecular weight excluding hydrogens is 462 g/mol. The molecule has 0 bridgehead atoms. The van der Waals surface area contributed by atoms with Gasteiger partial charge in [-0.25, -0.2) is 0 Å². The fourth-order valence-corrected chi connectivity index (χ4v) is 5.81. The quantitative estimate of drug-likeness (QED) is 0.504. The molecule has 3 aliphatic rings. The third-order valence-electron chi connectivity index (χ3n) is 7.83. The third kappa shape index (κ3) is 5.09. The Balaban J connectivity index is 1.13. The van der Waals surface area contributed by atoms with Crippen LogP contribution < -0.4 is 5.32 Å². The molecular formula is C30H33N5O2. The lowest BCUT2D eigenvalue weighted by atomic mass is 10.0. The van der Waals surface area contributed by atoms with Gasteiger partial charge in [-0.05, 0) is 68.6 Å². The van der Waals surface area contributed by atoms with E-state index < -0.39 is 0 Å². The average molecular weight is 496 g/mol. The molecule has 2 N–H and O–H groups in total. The summed E-state index contributed by atoms with van der Waals surface area (Å²) in [5, 5.41) is 2.89. The van der Waals surface area contributed by atoms with Crippen LogP contribution in [0.2, 0.25) is 0 Å². The number of pyridine rings is 1. The minimum Gasteiger partial charge on any atom is -0.358 e. The van der Waals surface area contributed by atoms with Crippen molar-refractivity contribution in [2.75, 3.05) is 32.7 Å². The number of fused-ring (bicyclic) bond motifs is 1. The van der Waals surface area contributed by atoms with Gasteiger partial charge < -0.3 is 20.1 Å². The standard InChI is InChI=1S/C30H33N5O2/c36-29(35-17-3-4-24(35)20-34-15-1-2-16-34)10-7-21-5-8-22(9-6-21)27-18-23(11-13-31-27)28-19-25-26(33-28)12-14-32-30(25)37/h5-11,13,18-19,24,33H,1-4,12,14-17,20H2,(H,32,37)/b10-7+/t24-/m1/s1. The number of carbonyl (C=O) groups excluding carboxylic acids is 2. The van der Waals surface area contributed by atoms with E-state index in [4.69, 9.17) is 0 Å². The molecule has 7 nitrogen and oxygen atoms in total. The number of hydrogen-bond acceptors (Lipinski definition) is 4. The minimum atomic E-state index is -0.0213. The van der Waals surface area contributed by atoms with Crippen LogP contribution in [0.5, 0.6) is 0 Å². The molecule has 0 radical (unpaired) electrons. The molecule has 3 aliphatic heterocycles. The first-order chi connectivity index (χ1) is 18.1. The number of nitrogens with one attached hydrogen (secondary N) is 2. The van der Waals surface area contributed by atoms with Crippen molar-refractivity contribution in [3.05, 3.63) is 71.6 Å². The molecule has 5 heterocycles. The highest BCUT2D eigenvalue weighted by Gasteiger charge is 2.29. The van der Waals surface area contributed by atoms with Gasteiger partial charge >= 0.3 is 0 Å². The zero-order chi connectivity index (χ0) is 25.2. The molecule has 2 saturated heterocycles. The molecule has 2 amide bonds. The summed E-state index contributed by atoms with van der Waals surface area (Å²) >= 11 is 0. The topological polar surface area (TPSA) is 81.3 Å². The number of hydrogen-bond donors (Lipinski definition) is 2. The number of carbonyl (C=O) groups is 2. The Morgan fingerprint density at radius 1 is 1.03 bits per heavy atom. The number of rotatable bonds is 6. The molecule has 2 fully saturated rings. The van der Waals surface area contributed by atoms with E-state index in [-0.39, 0.29) is 11.8 Å². The highest BCUT2D eigenvalue weighted by molar-refractivity contribution is 5.98. The lowest BCUT2D eigenvalue weighted by Crippen LogP contribution is -2.41. The van der Waals surface area contributed by atoms with E-state index in [9.17, 15) is 9.59 Å². The van der Waals surface area contributed by atoms with E-state index >= 15 is 0 Å². The summed E-state index contributed by atoms with van der Waals surface area (Å²) in [4.78, 5) is 37.6. The van der Waals surface area contributed by atoms with Crippen molar-refractivity contribution in [2.24, 2.45) is 0 Å². The van der Waals surface area contributed by atoms with Crippen LogP contribution in [0.25, 0.3) is 28.6 Å². The van der Waals surface area contributed by atoms with Crippen LogP contribution in [0, 0.1) is 0 Å². The van der Waals surface area contributed by atoms with Crippen molar-refractivity contribution in [3.8, 4) is 22.5 Å². The van der Waals surface area contributed by atoms with Crippen molar-refractivity contribution in [1.29, 1.82) is 0 Å². The number of nitrogens with zero attached hydrogens (tertiary/aromatic N) is 3. The summed E-state index contributed by atoms with van der Waals surface area (Å²) < 4.78 is 0. The zero-order valence-corrected chi connectivity index (χ0v) is 21.1. The number of likely N-dealkylation sites (tertiary alicyclic amines) is 2. The van der Waals surface area contributed by atoms with Crippen LogP contribution in [-0.4, -0.2) is 70.3 Å². The van der Waals surface area contributed by atoms with Gasteiger partial charge in [0.1, 0.15) is 0 Å². The number of H-pyrrole nitrogens is 1. The lowest BCUT2D eigenvalue weighted by molar-refractivity contribution is -0.127. The fraction of sp³-hybridized carbons (Fsp3) is 0.367. The summed E-state index contributed by atoms with van der Waals surface area (Å²) in [7, 11) is 0. The van der Waals surface area contributed by atoms with Gasteiger partial charge in [0.05, 0.1) is 11.3 Å². The van der Waals surface area contributed by atoms with Crippen molar-refractivity contribution in [3.63, 3.8) is 0 Å². The monoisotopic (exact) mass is 495 g/mol. The van der Waals surface area contributed by atoms with Crippen LogP contribution in [0.4, 0.5) is 0 Å². The van der Waals surface area contributed by atoms with E-state index in [0.717, 1.165) is 71.7 Å². The second-order valence-electron chi connectivity index (χ2n) is 10.3. The lowest BCUT2D eigenvalue weighted by Gasteiger charge is -2.27. The first-order valence-electron chi connectivity index (χ1n) is 13.4. The molecule has 6 rings (SSSR count). The van der Waals surface area contributed by atoms with E-state index in [1.165, 1.54) is 25.9 Å². The molecule has 0 aliphatic carbocycles. The van der Waals surface area contributed by atoms with E-state index in [2.05, 4.69) is 25.1 Å².